The monoisotopic (exact) mass is 408 g/mol. The molecule has 0 bridgehead atoms. The quantitative estimate of drug-likeness (QED) is 0.329. The average molecular weight is 409 g/mol. The highest BCUT2D eigenvalue weighted by atomic mass is 16.4. The molecule has 2 rings (SSSR count). The van der Waals surface area contributed by atoms with Gasteiger partial charge in [0.05, 0.1) is 16.5 Å². The van der Waals surface area contributed by atoms with Crippen LogP contribution in [0.1, 0.15) is 97.4 Å². The van der Waals surface area contributed by atoms with Crippen LogP contribution in [-0.4, -0.2) is 22.2 Å². The van der Waals surface area contributed by atoms with Gasteiger partial charge in [-0.05, 0) is 36.6 Å². The van der Waals surface area contributed by atoms with Gasteiger partial charge in [0.25, 0.3) is 0 Å². The van der Waals surface area contributed by atoms with E-state index in [-0.39, 0.29) is 11.1 Å². The summed E-state index contributed by atoms with van der Waals surface area (Å²) in [6.45, 7) is 2.23. The Hall–Kier alpha value is -2.80. The third-order valence-corrected chi connectivity index (χ3v) is 5.48. The van der Waals surface area contributed by atoms with Gasteiger partial charge in [0.1, 0.15) is 0 Å². The van der Waals surface area contributed by atoms with E-state index in [0.29, 0.717) is 12.0 Å². The molecule has 0 radical (unpaired) electrons. The molecule has 1 aromatic carbocycles. The minimum Gasteiger partial charge on any atom is -0.478 e. The predicted molar refractivity (Wildman–Crippen MR) is 120 cm³/mol. The van der Waals surface area contributed by atoms with Gasteiger partial charge in [0.2, 0.25) is 0 Å². The molecule has 0 fully saturated rings. The second-order valence-corrected chi connectivity index (χ2v) is 7.90. The Morgan fingerprint density at radius 1 is 0.900 bits per heavy atom. The zero-order valence-corrected chi connectivity index (χ0v) is 17.8. The highest BCUT2D eigenvalue weighted by Crippen LogP contribution is 2.33. The van der Waals surface area contributed by atoms with E-state index in [4.69, 9.17) is 0 Å². The summed E-state index contributed by atoms with van der Waals surface area (Å²) in [7, 11) is 0. The molecule has 0 amide bonds. The van der Waals surface area contributed by atoms with Gasteiger partial charge in [-0.15, -0.1) is 5.92 Å². The third-order valence-electron chi connectivity index (χ3n) is 5.48. The smallest absolute Gasteiger partial charge is 0.335 e. The van der Waals surface area contributed by atoms with Gasteiger partial charge in [-0.2, -0.15) is 0 Å². The topological polar surface area (TPSA) is 74.6 Å². The Labute approximate surface area is 179 Å². The van der Waals surface area contributed by atoms with Gasteiger partial charge < -0.3 is 10.2 Å². The van der Waals surface area contributed by atoms with Crippen LogP contribution in [0.5, 0.6) is 0 Å². The lowest BCUT2D eigenvalue weighted by Crippen LogP contribution is -2.23. The van der Waals surface area contributed by atoms with Gasteiger partial charge in [0, 0.05) is 6.42 Å². The molecule has 0 saturated carbocycles. The summed E-state index contributed by atoms with van der Waals surface area (Å²) < 4.78 is 0. The summed E-state index contributed by atoms with van der Waals surface area (Å²) in [5.41, 5.74) is -0.136. The van der Waals surface area contributed by atoms with Crippen LogP contribution in [0.4, 0.5) is 0 Å². The normalized spacial score (nSPS) is 17.4. The van der Waals surface area contributed by atoms with Gasteiger partial charge >= 0.3 is 11.9 Å². The number of aromatic carboxylic acids is 2. The molecule has 0 aliphatic heterocycles. The van der Waals surface area contributed by atoms with Gasteiger partial charge in [-0.3, -0.25) is 0 Å². The van der Waals surface area contributed by atoms with E-state index < -0.39 is 17.4 Å². The average Bonchev–Trinajstić information content (AvgIpc) is 2.75. The Bertz CT molecular complexity index is 821. The SMILES string of the molecule is CCCCCCCCCCC#CC1(c2cc(C(=O)O)cc(C(=O)O)c2)C=CC=CC1. The van der Waals surface area contributed by atoms with E-state index in [1.54, 1.807) is 12.1 Å². The second-order valence-electron chi connectivity index (χ2n) is 7.90. The zero-order chi connectivity index (χ0) is 21.8. The summed E-state index contributed by atoms with van der Waals surface area (Å²) in [6.07, 6.45) is 19.1. The molecule has 2 N–H and O–H groups in total. The highest BCUT2D eigenvalue weighted by molar-refractivity contribution is 5.94. The number of benzene rings is 1. The van der Waals surface area contributed by atoms with Crippen molar-refractivity contribution in [2.75, 3.05) is 0 Å². The number of hydrogen-bond acceptors (Lipinski definition) is 2. The zero-order valence-electron chi connectivity index (χ0n) is 17.8. The van der Waals surface area contributed by atoms with E-state index in [9.17, 15) is 19.8 Å². The summed E-state index contributed by atoms with van der Waals surface area (Å²) in [6, 6.07) is 4.28. The van der Waals surface area contributed by atoms with Gasteiger partial charge in [-0.25, -0.2) is 9.59 Å². The largest absolute Gasteiger partial charge is 0.478 e. The standard InChI is InChI=1S/C26H32O4/c1-2-3-4-5-6-7-8-9-10-12-15-26(16-13-11-14-17-26)23-19-21(24(27)28)18-22(20-23)25(29)30/h11,13-14,16,18-20H,2-10,17H2,1H3,(H,27,28)(H,29,30). The van der Waals surface area contributed by atoms with Crippen molar-refractivity contribution in [3.8, 4) is 11.8 Å². The molecule has 1 aliphatic rings. The number of unbranched alkanes of at least 4 members (excludes halogenated alkanes) is 8. The van der Waals surface area contributed by atoms with Crippen LogP contribution in [0.15, 0.2) is 42.5 Å². The first-order valence-electron chi connectivity index (χ1n) is 10.9. The fraction of sp³-hybridized carbons (Fsp3) is 0.462. The summed E-state index contributed by atoms with van der Waals surface area (Å²) in [5.74, 6) is 4.32. The molecule has 0 spiro atoms. The summed E-state index contributed by atoms with van der Waals surface area (Å²) >= 11 is 0. The van der Waals surface area contributed by atoms with Crippen LogP contribution >= 0.6 is 0 Å². The van der Waals surface area contributed by atoms with Crippen LogP contribution in [0.25, 0.3) is 0 Å². The molecule has 1 atom stereocenters. The first-order valence-corrected chi connectivity index (χ1v) is 10.9. The first-order chi connectivity index (χ1) is 14.5. The number of rotatable bonds is 11. The molecule has 0 aromatic heterocycles. The predicted octanol–water partition coefficient (Wildman–Crippen LogP) is 6.37. The maximum Gasteiger partial charge on any atom is 0.335 e. The van der Waals surface area contributed by atoms with Crippen LogP contribution in [-0.2, 0) is 5.41 Å². The van der Waals surface area contributed by atoms with Gasteiger partial charge in [-0.1, -0.05) is 82.1 Å². The van der Waals surface area contributed by atoms with Crippen molar-refractivity contribution >= 4 is 11.9 Å². The first kappa shape index (κ1) is 23.5. The van der Waals surface area contributed by atoms with Crippen molar-refractivity contribution in [2.24, 2.45) is 0 Å². The summed E-state index contributed by atoms with van der Waals surface area (Å²) in [4.78, 5) is 23.0. The molecule has 1 aliphatic carbocycles. The third kappa shape index (κ3) is 6.91. The van der Waals surface area contributed by atoms with Crippen LogP contribution in [0.3, 0.4) is 0 Å². The Morgan fingerprint density at radius 3 is 2.03 bits per heavy atom. The Balaban J connectivity index is 2.09. The molecular formula is C26H32O4. The molecule has 0 heterocycles. The lowest BCUT2D eigenvalue weighted by Gasteiger charge is -2.27. The summed E-state index contributed by atoms with van der Waals surface area (Å²) in [5, 5.41) is 18.8. The number of hydrogen-bond donors (Lipinski definition) is 2. The highest BCUT2D eigenvalue weighted by Gasteiger charge is 2.29. The fourth-order valence-corrected chi connectivity index (χ4v) is 3.70. The molecule has 4 nitrogen and oxygen atoms in total. The molecule has 1 unspecified atom stereocenters. The number of carboxylic acids is 2. The minimum atomic E-state index is -1.14. The van der Waals surface area contributed by atoms with E-state index in [2.05, 4.69) is 18.8 Å². The Morgan fingerprint density at radius 2 is 1.50 bits per heavy atom. The molecule has 4 heteroatoms. The lowest BCUT2D eigenvalue weighted by atomic mass is 9.75. The van der Waals surface area contributed by atoms with E-state index in [1.807, 2.05) is 24.3 Å². The lowest BCUT2D eigenvalue weighted by molar-refractivity contribution is 0.0696. The molecule has 1 aromatic rings. The maximum absolute atomic E-state index is 11.5. The van der Waals surface area contributed by atoms with Crippen molar-refractivity contribution in [3.63, 3.8) is 0 Å². The van der Waals surface area contributed by atoms with Crippen molar-refractivity contribution in [1.82, 2.24) is 0 Å². The second kappa shape index (κ2) is 12.0. The number of carboxylic acid groups (broad SMARTS) is 2. The van der Waals surface area contributed by atoms with Crippen molar-refractivity contribution in [1.29, 1.82) is 0 Å². The number of carbonyl (C=O) groups is 2. The molecule has 0 saturated heterocycles. The van der Waals surface area contributed by atoms with Crippen LogP contribution < -0.4 is 0 Å². The van der Waals surface area contributed by atoms with Gasteiger partial charge in [0.15, 0.2) is 0 Å². The van der Waals surface area contributed by atoms with E-state index >= 15 is 0 Å². The van der Waals surface area contributed by atoms with E-state index in [1.165, 1.54) is 51.0 Å². The van der Waals surface area contributed by atoms with Crippen LogP contribution in [0, 0.1) is 11.8 Å². The molecule has 160 valence electrons. The Kier molecular flexibility index (Phi) is 9.41. The molecule has 30 heavy (non-hydrogen) atoms. The van der Waals surface area contributed by atoms with E-state index in [0.717, 1.165) is 12.8 Å². The maximum atomic E-state index is 11.5. The molecular weight excluding hydrogens is 376 g/mol. The van der Waals surface area contributed by atoms with Crippen molar-refractivity contribution in [2.45, 2.75) is 76.5 Å². The van der Waals surface area contributed by atoms with Crippen molar-refractivity contribution in [3.05, 3.63) is 59.2 Å². The minimum absolute atomic E-state index is 0.0305. The number of allylic oxidation sites excluding steroid dienone is 4. The van der Waals surface area contributed by atoms with Crippen LogP contribution in [0.2, 0.25) is 0 Å². The fourth-order valence-electron chi connectivity index (χ4n) is 3.70. The van der Waals surface area contributed by atoms with Crippen molar-refractivity contribution < 1.29 is 19.8 Å².